The van der Waals surface area contributed by atoms with Crippen LogP contribution in [0, 0.1) is 6.92 Å². The van der Waals surface area contributed by atoms with Gasteiger partial charge in [-0.1, -0.05) is 42.8 Å². The maximum atomic E-state index is 5.97. The molecule has 2 aromatic rings. The Morgan fingerprint density at radius 3 is 2.45 bits per heavy atom. The molecule has 1 atom stereocenters. The van der Waals surface area contributed by atoms with Gasteiger partial charge in [0.05, 0.1) is 13.2 Å². The number of nitrogens with one attached hydrogen (secondary N) is 1. The molecule has 0 bridgehead atoms. The van der Waals surface area contributed by atoms with Crippen LogP contribution in [0.25, 0.3) is 0 Å². The summed E-state index contributed by atoms with van der Waals surface area (Å²) in [4.78, 5) is 0. The molecule has 20 heavy (non-hydrogen) atoms. The molecular formula is C17H20ClNO. The lowest BCUT2D eigenvalue weighted by Gasteiger charge is -2.21. The SMILES string of the molecule is CCNC(c1ccc(Cl)cc1)c1ccc(C)cc1OC. The molecule has 0 saturated carbocycles. The van der Waals surface area contributed by atoms with Crippen molar-refractivity contribution < 1.29 is 4.74 Å². The van der Waals surface area contributed by atoms with Crippen molar-refractivity contribution in [3.05, 3.63) is 64.2 Å². The largest absolute Gasteiger partial charge is 0.496 e. The first-order valence-corrected chi connectivity index (χ1v) is 7.17. The lowest BCUT2D eigenvalue weighted by atomic mass is 9.96. The van der Waals surface area contributed by atoms with E-state index < -0.39 is 0 Å². The van der Waals surface area contributed by atoms with Gasteiger partial charge in [0, 0.05) is 10.6 Å². The third kappa shape index (κ3) is 3.33. The summed E-state index contributed by atoms with van der Waals surface area (Å²) in [5.74, 6) is 0.908. The fraction of sp³-hybridized carbons (Fsp3) is 0.294. The molecule has 2 rings (SSSR count). The zero-order chi connectivity index (χ0) is 14.5. The fourth-order valence-corrected chi connectivity index (χ4v) is 2.45. The predicted octanol–water partition coefficient (Wildman–Crippen LogP) is 4.36. The van der Waals surface area contributed by atoms with Crippen molar-refractivity contribution in [3.63, 3.8) is 0 Å². The third-order valence-corrected chi connectivity index (χ3v) is 3.56. The molecule has 0 radical (unpaired) electrons. The van der Waals surface area contributed by atoms with Crippen molar-refractivity contribution in [2.24, 2.45) is 0 Å². The first-order valence-electron chi connectivity index (χ1n) is 6.79. The topological polar surface area (TPSA) is 21.3 Å². The highest BCUT2D eigenvalue weighted by Crippen LogP contribution is 2.31. The zero-order valence-electron chi connectivity index (χ0n) is 12.1. The highest BCUT2D eigenvalue weighted by Gasteiger charge is 2.17. The second-order valence-electron chi connectivity index (χ2n) is 4.79. The second kappa shape index (κ2) is 6.78. The van der Waals surface area contributed by atoms with Crippen LogP contribution >= 0.6 is 11.6 Å². The van der Waals surface area contributed by atoms with Gasteiger partial charge in [0.1, 0.15) is 5.75 Å². The Morgan fingerprint density at radius 1 is 1.15 bits per heavy atom. The third-order valence-electron chi connectivity index (χ3n) is 3.31. The van der Waals surface area contributed by atoms with Crippen LogP contribution < -0.4 is 10.1 Å². The number of aryl methyl sites for hydroxylation is 1. The van der Waals surface area contributed by atoms with Crippen molar-refractivity contribution in [2.75, 3.05) is 13.7 Å². The van der Waals surface area contributed by atoms with Gasteiger partial charge in [0.25, 0.3) is 0 Å². The average molecular weight is 290 g/mol. The molecule has 0 heterocycles. The van der Waals surface area contributed by atoms with Gasteiger partial charge >= 0.3 is 0 Å². The van der Waals surface area contributed by atoms with E-state index in [4.69, 9.17) is 16.3 Å². The number of benzene rings is 2. The Morgan fingerprint density at radius 2 is 1.85 bits per heavy atom. The molecule has 0 aliphatic rings. The van der Waals surface area contributed by atoms with E-state index in [1.54, 1.807) is 7.11 Å². The zero-order valence-corrected chi connectivity index (χ0v) is 12.9. The first-order chi connectivity index (χ1) is 9.65. The Labute approximate surface area is 125 Å². The van der Waals surface area contributed by atoms with E-state index >= 15 is 0 Å². The second-order valence-corrected chi connectivity index (χ2v) is 5.22. The summed E-state index contributed by atoms with van der Waals surface area (Å²) in [5.41, 5.74) is 3.51. The summed E-state index contributed by atoms with van der Waals surface area (Å²) in [5, 5.41) is 4.26. The molecule has 1 N–H and O–H groups in total. The highest BCUT2D eigenvalue weighted by molar-refractivity contribution is 6.30. The highest BCUT2D eigenvalue weighted by atomic mass is 35.5. The smallest absolute Gasteiger partial charge is 0.124 e. The molecule has 0 aromatic heterocycles. The van der Waals surface area contributed by atoms with Gasteiger partial charge in [-0.3, -0.25) is 0 Å². The molecule has 0 saturated heterocycles. The number of hydrogen-bond acceptors (Lipinski definition) is 2. The molecule has 0 aliphatic heterocycles. The van der Waals surface area contributed by atoms with Gasteiger partial charge in [0.2, 0.25) is 0 Å². The molecular weight excluding hydrogens is 270 g/mol. The Kier molecular flexibility index (Phi) is 5.05. The summed E-state index contributed by atoms with van der Waals surface area (Å²) in [6, 6.07) is 14.3. The average Bonchev–Trinajstić information content (AvgIpc) is 2.46. The van der Waals surface area contributed by atoms with E-state index in [9.17, 15) is 0 Å². The van der Waals surface area contributed by atoms with E-state index in [1.165, 1.54) is 11.1 Å². The molecule has 0 aliphatic carbocycles. The maximum absolute atomic E-state index is 5.97. The van der Waals surface area contributed by atoms with Crippen LogP contribution in [0.5, 0.6) is 5.75 Å². The van der Waals surface area contributed by atoms with E-state index in [0.29, 0.717) is 0 Å². The maximum Gasteiger partial charge on any atom is 0.124 e. The predicted molar refractivity (Wildman–Crippen MR) is 84.7 cm³/mol. The minimum absolute atomic E-state index is 0.104. The standard InChI is InChI=1S/C17H20ClNO/c1-4-19-17(13-6-8-14(18)9-7-13)15-10-5-12(2)11-16(15)20-3/h5-11,17,19H,4H2,1-3H3. The lowest BCUT2D eigenvalue weighted by Crippen LogP contribution is -2.22. The number of ether oxygens (including phenoxy) is 1. The van der Waals surface area contributed by atoms with Gasteiger partial charge in [-0.25, -0.2) is 0 Å². The van der Waals surface area contributed by atoms with Crippen LogP contribution in [0.4, 0.5) is 0 Å². The molecule has 3 heteroatoms. The van der Waals surface area contributed by atoms with Crippen LogP contribution in [0.3, 0.4) is 0 Å². The number of halogens is 1. The van der Waals surface area contributed by atoms with Crippen molar-refractivity contribution in [1.82, 2.24) is 5.32 Å². The molecule has 2 nitrogen and oxygen atoms in total. The molecule has 0 fully saturated rings. The van der Waals surface area contributed by atoms with Crippen molar-refractivity contribution in [1.29, 1.82) is 0 Å². The summed E-state index contributed by atoms with van der Waals surface area (Å²) in [6.07, 6.45) is 0. The molecule has 0 spiro atoms. The minimum atomic E-state index is 0.104. The molecule has 2 aromatic carbocycles. The molecule has 0 amide bonds. The van der Waals surface area contributed by atoms with E-state index in [2.05, 4.69) is 49.5 Å². The number of methoxy groups -OCH3 is 1. The monoisotopic (exact) mass is 289 g/mol. The fourth-order valence-electron chi connectivity index (χ4n) is 2.32. The van der Waals surface area contributed by atoms with Crippen LogP contribution in [-0.2, 0) is 0 Å². The van der Waals surface area contributed by atoms with Crippen molar-refractivity contribution in [3.8, 4) is 5.75 Å². The quantitative estimate of drug-likeness (QED) is 0.883. The molecule has 106 valence electrons. The Bertz CT molecular complexity index is 566. The van der Waals surface area contributed by atoms with E-state index in [-0.39, 0.29) is 6.04 Å². The van der Waals surface area contributed by atoms with Crippen LogP contribution in [-0.4, -0.2) is 13.7 Å². The summed E-state index contributed by atoms with van der Waals surface area (Å²) >= 11 is 5.97. The molecule has 1 unspecified atom stereocenters. The van der Waals surface area contributed by atoms with E-state index in [1.807, 2.05) is 12.1 Å². The van der Waals surface area contributed by atoms with Crippen LogP contribution in [0.1, 0.15) is 29.7 Å². The van der Waals surface area contributed by atoms with Gasteiger partial charge in [-0.05, 0) is 42.8 Å². The van der Waals surface area contributed by atoms with Crippen LogP contribution in [0.2, 0.25) is 5.02 Å². The van der Waals surface area contributed by atoms with Gasteiger partial charge in [0.15, 0.2) is 0 Å². The van der Waals surface area contributed by atoms with Gasteiger partial charge in [-0.15, -0.1) is 0 Å². The van der Waals surface area contributed by atoms with Crippen molar-refractivity contribution >= 4 is 11.6 Å². The van der Waals surface area contributed by atoms with Gasteiger partial charge in [-0.2, -0.15) is 0 Å². The Hall–Kier alpha value is -1.51. The Balaban J connectivity index is 2.45. The summed E-state index contributed by atoms with van der Waals surface area (Å²) < 4.78 is 5.53. The lowest BCUT2D eigenvalue weighted by molar-refractivity contribution is 0.404. The minimum Gasteiger partial charge on any atom is -0.496 e. The number of rotatable bonds is 5. The number of hydrogen-bond donors (Lipinski definition) is 1. The summed E-state index contributed by atoms with van der Waals surface area (Å²) in [7, 11) is 1.71. The first kappa shape index (κ1) is 14.9. The normalized spacial score (nSPS) is 12.2. The summed E-state index contributed by atoms with van der Waals surface area (Å²) in [6.45, 7) is 5.05. The van der Waals surface area contributed by atoms with Crippen molar-refractivity contribution in [2.45, 2.75) is 19.9 Å². The van der Waals surface area contributed by atoms with E-state index in [0.717, 1.165) is 22.9 Å². The van der Waals surface area contributed by atoms with Gasteiger partial charge < -0.3 is 10.1 Å². The van der Waals surface area contributed by atoms with Crippen LogP contribution in [0.15, 0.2) is 42.5 Å².